The second-order valence-corrected chi connectivity index (χ2v) is 5.23. The van der Waals surface area contributed by atoms with Crippen LogP contribution in [0.2, 0.25) is 0 Å². The van der Waals surface area contributed by atoms with Crippen LogP contribution in [0.1, 0.15) is 25.3 Å². The van der Waals surface area contributed by atoms with Crippen LogP contribution in [0.25, 0.3) is 6.08 Å². The number of hydrogen-bond donors (Lipinski definition) is 2. The molecule has 0 amide bonds. The molecule has 0 aromatic heterocycles. The van der Waals surface area contributed by atoms with Crippen molar-refractivity contribution in [2.24, 2.45) is 0 Å². The van der Waals surface area contributed by atoms with E-state index < -0.39 is 0 Å². The zero-order valence-corrected chi connectivity index (χ0v) is 13.3. The van der Waals surface area contributed by atoms with Crippen LogP contribution in [0.5, 0.6) is 5.75 Å². The lowest BCUT2D eigenvalue weighted by Crippen LogP contribution is -2.06. The van der Waals surface area contributed by atoms with Gasteiger partial charge < -0.3 is 10.4 Å². The Morgan fingerprint density at radius 1 is 1.14 bits per heavy atom. The van der Waals surface area contributed by atoms with E-state index in [2.05, 4.69) is 25.4 Å². The number of allylic oxidation sites excluding steroid dienone is 6. The highest BCUT2D eigenvalue weighted by molar-refractivity contribution is 5.55. The minimum atomic E-state index is 0.275. The van der Waals surface area contributed by atoms with Crippen molar-refractivity contribution in [1.29, 1.82) is 0 Å². The van der Waals surface area contributed by atoms with Gasteiger partial charge in [0.2, 0.25) is 0 Å². The molecule has 0 heterocycles. The first-order valence-electron chi connectivity index (χ1n) is 7.45. The molecule has 1 aromatic carbocycles. The number of hydrogen-bond acceptors (Lipinski definition) is 2. The van der Waals surface area contributed by atoms with Crippen LogP contribution in [0.3, 0.4) is 0 Å². The van der Waals surface area contributed by atoms with Crippen molar-refractivity contribution in [3.63, 3.8) is 0 Å². The molecular weight excluding hydrogens is 270 g/mol. The summed E-state index contributed by atoms with van der Waals surface area (Å²) in [6.45, 7) is 10.9. The van der Waals surface area contributed by atoms with Gasteiger partial charge in [-0.2, -0.15) is 0 Å². The molecule has 2 heteroatoms. The fraction of sp³-hybridized carbons (Fsp3) is 0.200. The molecule has 0 saturated heterocycles. The summed E-state index contributed by atoms with van der Waals surface area (Å²) in [4.78, 5) is 0. The van der Waals surface area contributed by atoms with Gasteiger partial charge >= 0.3 is 0 Å². The van der Waals surface area contributed by atoms with E-state index in [0.29, 0.717) is 0 Å². The molecule has 0 radical (unpaired) electrons. The first-order chi connectivity index (χ1) is 10.6. The molecule has 0 aliphatic carbocycles. The van der Waals surface area contributed by atoms with Gasteiger partial charge in [0.15, 0.2) is 0 Å². The van der Waals surface area contributed by atoms with E-state index >= 15 is 0 Å². The lowest BCUT2D eigenvalue weighted by molar-refractivity contribution is 0.475. The summed E-state index contributed by atoms with van der Waals surface area (Å²) in [6, 6.07) is 7.05. The molecule has 22 heavy (non-hydrogen) atoms. The first-order valence-corrected chi connectivity index (χ1v) is 7.45. The predicted molar refractivity (Wildman–Crippen MR) is 96.6 cm³/mol. The average molecular weight is 295 g/mol. The Morgan fingerprint density at radius 3 is 2.55 bits per heavy atom. The molecule has 0 bridgehead atoms. The Bertz CT molecular complexity index is 562. The van der Waals surface area contributed by atoms with E-state index in [-0.39, 0.29) is 5.75 Å². The first kappa shape index (κ1) is 17.6. The lowest BCUT2D eigenvalue weighted by atomic mass is 10.1. The van der Waals surface area contributed by atoms with Gasteiger partial charge in [0, 0.05) is 6.54 Å². The Hall–Kier alpha value is -2.48. The molecule has 0 aliphatic heterocycles. The summed E-state index contributed by atoms with van der Waals surface area (Å²) in [6.07, 6.45) is 13.9. The zero-order chi connectivity index (χ0) is 16.2. The summed E-state index contributed by atoms with van der Waals surface area (Å²) >= 11 is 0. The fourth-order valence-electron chi connectivity index (χ4n) is 1.72. The van der Waals surface area contributed by atoms with E-state index in [1.54, 1.807) is 12.1 Å². The number of phenolic OH excluding ortho intramolecular Hbond substituents is 1. The summed E-state index contributed by atoms with van der Waals surface area (Å²) in [7, 11) is 0. The fourth-order valence-corrected chi connectivity index (χ4v) is 1.72. The molecule has 2 nitrogen and oxygen atoms in total. The van der Waals surface area contributed by atoms with E-state index in [0.717, 1.165) is 30.5 Å². The Morgan fingerprint density at radius 2 is 1.86 bits per heavy atom. The highest BCUT2D eigenvalue weighted by Gasteiger charge is 1.88. The highest BCUT2D eigenvalue weighted by Crippen LogP contribution is 2.11. The highest BCUT2D eigenvalue weighted by atomic mass is 16.3. The molecular formula is C20H25NO. The van der Waals surface area contributed by atoms with Gasteiger partial charge in [0.05, 0.1) is 0 Å². The van der Waals surface area contributed by atoms with Crippen molar-refractivity contribution in [2.45, 2.75) is 19.8 Å². The third-order valence-electron chi connectivity index (χ3n) is 2.94. The van der Waals surface area contributed by atoms with Gasteiger partial charge in [-0.25, -0.2) is 0 Å². The molecule has 0 spiro atoms. The normalized spacial score (nSPS) is 11.5. The number of aromatic hydroxyl groups is 1. The molecule has 1 aromatic rings. The third kappa shape index (κ3) is 8.64. The second-order valence-electron chi connectivity index (χ2n) is 5.23. The van der Waals surface area contributed by atoms with Gasteiger partial charge in [-0.1, -0.05) is 48.6 Å². The Labute approximate surface area is 133 Å². The molecule has 0 fully saturated rings. The summed E-state index contributed by atoms with van der Waals surface area (Å²) < 4.78 is 0. The molecule has 0 atom stereocenters. The third-order valence-corrected chi connectivity index (χ3v) is 2.94. The lowest BCUT2D eigenvalue weighted by Gasteiger charge is -1.99. The van der Waals surface area contributed by atoms with Crippen molar-refractivity contribution < 1.29 is 5.11 Å². The van der Waals surface area contributed by atoms with Crippen LogP contribution in [0.4, 0.5) is 0 Å². The SMILES string of the molecule is C=C(/C=C\C=C/NCCCC(=C)C)/C=C/c1ccc(O)cc1. The van der Waals surface area contributed by atoms with Gasteiger partial charge in [-0.3, -0.25) is 0 Å². The summed E-state index contributed by atoms with van der Waals surface area (Å²) in [5, 5.41) is 12.4. The average Bonchev–Trinajstić information content (AvgIpc) is 2.49. The quantitative estimate of drug-likeness (QED) is 0.383. The van der Waals surface area contributed by atoms with Crippen LogP contribution >= 0.6 is 0 Å². The molecule has 0 aliphatic rings. The smallest absolute Gasteiger partial charge is 0.115 e. The van der Waals surface area contributed by atoms with Crippen LogP contribution in [-0.4, -0.2) is 11.7 Å². The molecule has 2 N–H and O–H groups in total. The van der Waals surface area contributed by atoms with Gasteiger partial charge in [-0.05, 0) is 55.3 Å². The number of benzene rings is 1. The number of rotatable bonds is 9. The maximum Gasteiger partial charge on any atom is 0.115 e. The second kappa shape index (κ2) is 10.3. The van der Waals surface area contributed by atoms with Crippen LogP contribution in [-0.2, 0) is 0 Å². The Balaban J connectivity index is 2.26. The van der Waals surface area contributed by atoms with Crippen LogP contribution < -0.4 is 5.32 Å². The number of phenols is 1. The number of nitrogens with one attached hydrogen (secondary N) is 1. The van der Waals surface area contributed by atoms with Crippen molar-refractivity contribution >= 4 is 6.08 Å². The van der Waals surface area contributed by atoms with Crippen molar-refractivity contribution in [2.75, 3.05) is 6.54 Å². The van der Waals surface area contributed by atoms with Crippen molar-refractivity contribution in [3.8, 4) is 5.75 Å². The maximum atomic E-state index is 9.21. The predicted octanol–water partition coefficient (Wildman–Crippen LogP) is 4.98. The minimum Gasteiger partial charge on any atom is -0.508 e. The summed E-state index contributed by atoms with van der Waals surface area (Å²) in [5.41, 5.74) is 3.17. The van der Waals surface area contributed by atoms with E-state index in [1.165, 1.54) is 5.57 Å². The zero-order valence-electron chi connectivity index (χ0n) is 13.3. The van der Waals surface area contributed by atoms with Gasteiger partial charge in [0.1, 0.15) is 5.75 Å². The maximum absolute atomic E-state index is 9.21. The largest absolute Gasteiger partial charge is 0.508 e. The van der Waals surface area contributed by atoms with Crippen LogP contribution in [0.15, 0.2) is 79.1 Å². The molecule has 0 saturated carbocycles. The molecule has 116 valence electrons. The van der Waals surface area contributed by atoms with Crippen molar-refractivity contribution in [1.82, 2.24) is 5.32 Å². The molecule has 0 unspecified atom stereocenters. The Kier molecular flexibility index (Phi) is 8.21. The van der Waals surface area contributed by atoms with Crippen LogP contribution in [0, 0.1) is 0 Å². The van der Waals surface area contributed by atoms with E-state index in [4.69, 9.17) is 0 Å². The summed E-state index contributed by atoms with van der Waals surface area (Å²) in [5.74, 6) is 0.275. The van der Waals surface area contributed by atoms with Crippen molar-refractivity contribution in [3.05, 3.63) is 84.6 Å². The monoisotopic (exact) mass is 295 g/mol. The van der Waals surface area contributed by atoms with E-state index in [1.807, 2.05) is 48.7 Å². The van der Waals surface area contributed by atoms with Gasteiger partial charge in [0.25, 0.3) is 0 Å². The van der Waals surface area contributed by atoms with Gasteiger partial charge in [-0.15, -0.1) is 6.58 Å². The standard InChI is InChI=1S/C20H25NO/c1-17(2)7-6-16-21-15-5-4-8-18(3)9-10-19-11-13-20(22)14-12-19/h4-5,8-15,21-22H,1,3,6-7,16H2,2H3/b8-4-,10-9+,15-5-. The molecule has 1 rings (SSSR count). The minimum absolute atomic E-state index is 0.275. The topological polar surface area (TPSA) is 32.3 Å². The van der Waals surface area contributed by atoms with E-state index in [9.17, 15) is 5.11 Å².